The summed E-state index contributed by atoms with van der Waals surface area (Å²) < 4.78 is 45.8. The van der Waals surface area contributed by atoms with Crippen molar-refractivity contribution in [1.82, 2.24) is 14.8 Å². The van der Waals surface area contributed by atoms with E-state index in [1.54, 1.807) is 17.9 Å². The lowest BCUT2D eigenvalue weighted by Gasteiger charge is -2.30. The Kier molecular flexibility index (Phi) is 7.76. The van der Waals surface area contributed by atoms with Gasteiger partial charge in [0.05, 0.1) is 18.5 Å². The van der Waals surface area contributed by atoms with Crippen molar-refractivity contribution in [2.75, 3.05) is 7.11 Å². The van der Waals surface area contributed by atoms with Gasteiger partial charge in [-0.1, -0.05) is 43.4 Å². The van der Waals surface area contributed by atoms with Gasteiger partial charge in [-0.25, -0.2) is 32.4 Å². The van der Waals surface area contributed by atoms with E-state index in [1.165, 1.54) is 28.8 Å². The van der Waals surface area contributed by atoms with Crippen LogP contribution in [0.4, 0.5) is 4.39 Å². The van der Waals surface area contributed by atoms with E-state index in [0.29, 0.717) is 29.5 Å². The molecule has 0 aliphatic heterocycles. The number of nitrogens with two attached hydrogens (primary N) is 1. The van der Waals surface area contributed by atoms with Crippen molar-refractivity contribution in [1.29, 1.82) is 0 Å². The van der Waals surface area contributed by atoms with Crippen LogP contribution < -0.4 is 9.88 Å². The predicted octanol–water partition coefficient (Wildman–Crippen LogP) is 5.67. The molecule has 2 aliphatic rings. The maximum atomic E-state index is 15.0. The normalized spacial score (nSPS) is 18.3. The minimum absolute atomic E-state index is 0.0601. The van der Waals surface area contributed by atoms with Crippen molar-refractivity contribution >= 4 is 32.9 Å². The van der Waals surface area contributed by atoms with Crippen molar-refractivity contribution in [2.24, 2.45) is 11.1 Å². The second kappa shape index (κ2) is 11.4. The van der Waals surface area contributed by atoms with Gasteiger partial charge in [0.15, 0.2) is 5.69 Å². The van der Waals surface area contributed by atoms with Gasteiger partial charge in [-0.15, -0.1) is 11.3 Å². The fourth-order valence-corrected chi connectivity index (χ4v) is 7.06. The van der Waals surface area contributed by atoms with Gasteiger partial charge in [0.1, 0.15) is 16.5 Å². The Hall–Kier alpha value is -4.13. The van der Waals surface area contributed by atoms with Crippen molar-refractivity contribution in [3.05, 3.63) is 106 Å². The van der Waals surface area contributed by atoms with E-state index in [2.05, 4.69) is 24.1 Å². The van der Waals surface area contributed by atoms with E-state index in [9.17, 15) is 22.7 Å². The van der Waals surface area contributed by atoms with Crippen LogP contribution in [0, 0.1) is 11.7 Å². The third kappa shape index (κ3) is 5.97. The Labute approximate surface area is 258 Å². The molecule has 4 aromatic rings. The number of hydrogen-bond donors (Lipinski definition) is 2. The second-order valence-corrected chi connectivity index (χ2v) is 13.9. The number of hydrogen-bond acceptors (Lipinski definition) is 7. The molecular formula is C32H31FN4O5S2. The Morgan fingerprint density at radius 3 is 2.59 bits per heavy atom. The monoisotopic (exact) mass is 634 g/mol. The van der Waals surface area contributed by atoms with E-state index in [-0.39, 0.29) is 12.1 Å². The van der Waals surface area contributed by atoms with Gasteiger partial charge < -0.3 is 9.84 Å². The van der Waals surface area contributed by atoms with Crippen molar-refractivity contribution in [3.8, 4) is 10.9 Å². The predicted molar refractivity (Wildman–Crippen MR) is 165 cm³/mol. The summed E-state index contributed by atoms with van der Waals surface area (Å²) in [4.78, 5) is 15.5. The van der Waals surface area contributed by atoms with E-state index in [0.717, 1.165) is 46.7 Å². The van der Waals surface area contributed by atoms with Crippen LogP contribution in [0.1, 0.15) is 64.8 Å². The van der Waals surface area contributed by atoms with Gasteiger partial charge in [0.2, 0.25) is 15.2 Å². The average molecular weight is 635 g/mol. The number of thiazole rings is 1. The molecule has 0 amide bonds. The molecule has 0 radical (unpaired) electrons. The number of allylic oxidation sites excluding steroid dienone is 4. The molecule has 1 saturated carbocycles. The maximum Gasteiger partial charge on any atom is 0.355 e. The standard InChI is InChI=1S/C32H31FN4O5S2/c1-32(13-3-4-22(17-32)21-8-10-23(42-2)11-9-21)29-24(14-20-7-12-28(25(33)15-20)44(34,40)41)27(16-19-5-6-19)37(36-29)31-35-26(18-43-31)30(38)39/h3-4,7-13,15,18-19H,5-6,14,16-17H2,1-2H3,(H,38,39)(H2,34,40,41). The minimum Gasteiger partial charge on any atom is -0.497 e. The topological polar surface area (TPSA) is 137 Å². The fourth-order valence-electron chi connectivity index (χ4n) is 5.70. The number of benzene rings is 2. The van der Waals surface area contributed by atoms with Gasteiger partial charge in [0.25, 0.3) is 0 Å². The molecule has 9 nitrogen and oxygen atoms in total. The zero-order valence-electron chi connectivity index (χ0n) is 24.2. The first kappa shape index (κ1) is 29.9. The third-order valence-electron chi connectivity index (χ3n) is 8.17. The molecule has 2 heterocycles. The number of carboxylic acid groups (broad SMARTS) is 1. The average Bonchev–Trinajstić information content (AvgIpc) is 3.53. The molecule has 6 rings (SSSR count). The van der Waals surface area contributed by atoms with Crippen LogP contribution in [-0.2, 0) is 28.3 Å². The fraction of sp³-hybridized carbons (Fsp3) is 0.281. The van der Waals surface area contributed by atoms with Crippen LogP contribution in [0.5, 0.6) is 5.75 Å². The number of sulfonamides is 1. The summed E-state index contributed by atoms with van der Waals surface area (Å²) in [6.07, 6.45) is 9.93. The molecule has 12 heteroatoms. The van der Waals surface area contributed by atoms with Gasteiger partial charge >= 0.3 is 5.97 Å². The Morgan fingerprint density at radius 1 is 1.23 bits per heavy atom. The number of carboxylic acids is 1. The van der Waals surface area contributed by atoms with Gasteiger partial charge in [0, 0.05) is 22.8 Å². The summed E-state index contributed by atoms with van der Waals surface area (Å²) in [5.74, 6) is -0.825. The molecule has 3 N–H and O–H groups in total. The molecule has 1 atom stereocenters. The lowest BCUT2D eigenvalue weighted by Crippen LogP contribution is -2.24. The van der Waals surface area contributed by atoms with Crippen LogP contribution in [0.25, 0.3) is 10.7 Å². The zero-order chi connectivity index (χ0) is 31.2. The molecule has 1 fully saturated rings. The van der Waals surface area contributed by atoms with E-state index in [1.807, 2.05) is 30.3 Å². The summed E-state index contributed by atoms with van der Waals surface area (Å²) in [6, 6.07) is 11.8. The summed E-state index contributed by atoms with van der Waals surface area (Å²) in [7, 11) is -2.59. The second-order valence-electron chi connectivity index (χ2n) is 11.5. The highest BCUT2D eigenvalue weighted by atomic mass is 32.2. The number of primary sulfonamides is 1. The molecular weight excluding hydrogens is 604 g/mol. The summed E-state index contributed by atoms with van der Waals surface area (Å²) >= 11 is 1.20. The number of nitrogens with zero attached hydrogens (tertiary/aromatic N) is 3. The number of ether oxygens (including phenoxy) is 1. The first-order valence-corrected chi connectivity index (χ1v) is 16.5. The summed E-state index contributed by atoms with van der Waals surface area (Å²) in [5, 5.41) is 21.8. The van der Waals surface area contributed by atoms with Crippen LogP contribution in [0.2, 0.25) is 0 Å². The van der Waals surface area contributed by atoms with Crippen molar-refractivity contribution in [2.45, 2.75) is 49.3 Å². The molecule has 44 heavy (non-hydrogen) atoms. The number of aromatic carboxylic acids is 1. The molecule has 2 aromatic heterocycles. The number of carbonyl (C=O) groups is 1. The van der Waals surface area contributed by atoms with Gasteiger partial charge in [-0.3, -0.25) is 0 Å². The molecule has 2 aromatic carbocycles. The van der Waals surface area contributed by atoms with Crippen LogP contribution >= 0.6 is 11.3 Å². The highest BCUT2D eigenvalue weighted by molar-refractivity contribution is 7.89. The molecule has 0 saturated heterocycles. The Balaban J connectivity index is 1.48. The van der Waals surface area contributed by atoms with Crippen molar-refractivity contribution < 1.29 is 27.4 Å². The molecule has 0 bridgehead atoms. The molecule has 0 spiro atoms. The SMILES string of the molecule is COc1ccc(C2=CC=CC(C)(c3nn(-c4nc(C(=O)O)cs4)c(CC4CC4)c3Cc3ccc(S(N)(=O)=O)c(F)c3)C2)cc1. The largest absolute Gasteiger partial charge is 0.497 e. The number of aromatic nitrogens is 3. The highest BCUT2D eigenvalue weighted by Crippen LogP contribution is 2.43. The first-order valence-electron chi connectivity index (χ1n) is 14.1. The van der Waals surface area contributed by atoms with E-state index >= 15 is 0 Å². The lowest BCUT2D eigenvalue weighted by atomic mass is 9.74. The molecule has 1 unspecified atom stereocenters. The van der Waals surface area contributed by atoms with Crippen LogP contribution in [0.15, 0.2) is 71.0 Å². The molecule has 2 aliphatic carbocycles. The number of methoxy groups -OCH3 is 1. The van der Waals surface area contributed by atoms with Crippen LogP contribution in [0.3, 0.4) is 0 Å². The van der Waals surface area contributed by atoms with Crippen molar-refractivity contribution in [3.63, 3.8) is 0 Å². The number of halogens is 1. The van der Waals surface area contributed by atoms with Gasteiger partial charge in [-0.2, -0.15) is 5.10 Å². The smallest absolute Gasteiger partial charge is 0.355 e. The van der Waals surface area contributed by atoms with Crippen LogP contribution in [-0.4, -0.2) is 41.4 Å². The van der Waals surface area contributed by atoms with Gasteiger partial charge in [-0.05, 0) is 72.6 Å². The molecule has 228 valence electrons. The first-order chi connectivity index (χ1) is 20.9. The third-order valence-corrected chi connectivity index (χ3v) is 9.93. The summed E-state index contributed by atoms with van der Waals surface area (Å²) in [5.41, 5.74) is 4.62. The number of rotatable bonds is 10. The maximum absolute atomic E-state index is 15.0. The Morgan fingerprint density at radius 2 is 1.98 bits per heavy atom. The minimum atomic E-state index is -4.22. The Bertz CT molecular complexity index is 1920. The zero-order valence-corrected chi connectivity index (χ0v) is 25.8. The lowest BCUT2D eigenvalue weighted by molar-refractivity contribution is 0.0691. The summed E-state index contributed by atoms with van der Waals surface area (Å²) in [6.45, 7) is 2.10. The van der Waals surface area contributed by atoms with E-state index in [4.69, 9.17) is 15.0 Å². The quantitative estimate of drug-likeness (QED) is 0.229. The highest BCUT2D eigenvalue weighted by Gasteiger charge is 2.37. The van der Waals surface area contributed by atoms with E-state index < -0.39 is 32.1 Å².